The van der Waals surface area contributed by atoms with Crippen molar-refractivity contribution < 1.29 is 9.47 Å². The Labute approximate surface area is 72.6 Å². The SMILES string of the molecule is CCCCSC1COC(C)O1. The molecule has 3 heteroatoms. The number of hydrogen-bond acceptors (Lipinski definition) is 3. The third-order valence-corrected chi connectivity index (χ3v) is 2.76. The van der Waals surface area contributed by atoms with Gasteiger partial charge in [-0.1, -0.05) is 13.3 Å². The Hall–Kier alpha value is 0.270. The van der Waals surface area contributed by atoms with E-state index in [2.05, 4.69) is 6.92 Å². The highest BCUT2D eigenvalue weighted by Crippen LogP contribution is 2.22. The highest BCUT2D eigenvalue weighted by atomic mass is 32.2. The van der Waals surface area contributed by atoms with Crippen molar-refractivity contribution in [1.29, 1.82) is 0 Å². The molecule has 0 amide bonds. The maximum absolute atomic E-state index is 5.45. The van der Waals surface area contributed by atoms with Crippen molar-refractivity contribution in [2.75, 3.05) is 12.4 Å². The summed E-state index contributed by atoms with van der Waals surface area (Å²) in [6.45, 7) is 4.91. The summed E-state index contributed by atoms with van der Waals surface area (Å²) in [6, 6.07) is 0. The molecule has 0 aromatic rings. The summed E-state index contributed by atoms with van der Waals surface area (Å²) in [7, 11) is 0. The van der Waals surface area contributed by atoms with Crippen LogP contribution in [0.2, 0.25) is 0 Å². The average Bonchev–Trinajstić information content (AvgIpc) is 2.37. The van der Waals surface area contributed by atoms with Crippen molar-refractivity contribution in [2.45, 2.75) is 38.4 Å². The lowest BCUT2D eigenvalue weighted by Gasteiger charge is -2.06. The maximum atomic E-state index is 5.45. The third kappa shape index (κ3) is 3.45. The Morgan fingerprint density at radius 2 is 2.36 bits per heavy atom. The molecule has 1 heterocycles. The normalized spacial score (nSPS) is 31.1. The van der Waals surface area contributed by atoms with Crippen LogP contribution < -0.4 is 0 Å². The molecule has 0 N–H and O–H groups in total. The zero-order valence-electron chi connectivity index (χ0n) is 7.21. The fourth-order valence-corrected chi connectivity index (χ4v) is 2.08. The largest absolute Gasteiger partial charge is 0.349 e. The van der Waals surface area contributed by atoms with Gasteiger partial charge in [0.15, 0.2) is 6.29 Å². The predicted molar refractivity (Wildman–Crippen MR) is 47.7 cm³/mol. The van der Waals surface area contributed by atoms with Crippen LogP contribution in [0.15, 0.2) is 0 Å². The first-order valence-electron chi connectivity index (χ1n) is 4.21. The van der Waals surface area contributed by atoms with Crippen LogP contribution in [-0.4, -0.2) is 24.1 Å². The van der Waals surface area contributed by atoms with Crippen LogP contribution >= 0.6 is 11.8 Å². The average molecular weight is 176 g/mol. The van der Waals surface area contributed by atoms with E-state index in [1.807, 2.05) is 18.7 Å². The molecule has 1 aliphatic rings. The van der Waals surface area contributed by atoms with E-state index in [-0.39, 0.29) is 11.7 Å². The Balaban J connectivity index is 1.99. The molecule has 0 aromatic carbocycles. The zero-order valence-corrected chi connectivity index (χ0v) is 8.02. The molecule has 66 valence electrons. The molecule has 1 saturated heterocycles. The third-order valence-electron chi connectivity index (χ3n) is 1.61. The lowest BCUT2D eigenvalue weighted by atomic mass is 10.4. The molecule has 0 aliphatic carbocycles. The maximum Gasteiger partial charge on any atom is 0.156 e. The second-order valence-electron chi connectivity index (χ2n) is 2.69. The molecule has 1 fully saturated rings. The Morgan fingerprint density at radius 3 is 2.91 bits per heavy atom. The van der Waals surface area contributed by atoms with Crippen molar-refractivity contribution >= 4 is 11.8 Å². The van der Waals surface area contributed by atoms with Crippen LogP contribution in [0, 0.1) is 0 Å². The van der Waals surface area contributed by atoms with Crippen LogP contribution in [0.1, 0.15) is 26.7 Å². The molecule has 0 spiro atoms. The van der Waals surface area contributed by atoms with E-state index >= 15 is 0 Å². The van der Waals surface area contributed by atoms with Crippen molar-refractivity contribution in [2.24, 2.45) is 0 Å². The predicted octanol–water partition coefficient (Wildman–Crippen LogP) is 2.24. The second-order valence-corrected chi connectivity index (χ2v) is 3.96. The first-order chi connectivity index (χ1) is 5.33. The van der Waals surface area contributed by atoms with Crippen LogP contribution in [0.4, 0.5) is 0 Å². The molecular formula is C8H16O2S. The first kappa shape index (κ1) is 9.36. The quantitative estimate of drug-likeness (QED) is 0.612. The van der Waals surface area contributed by atoms with Crippen molar-refractivity contribution in [3.05, 3.63) is 0 Å². The van der Waals surface area contributed by atoms with E-state index < -0.39 is 0 Å². The molecule has 0 radical (unpaired) electrons. The lowest BCUT2D eigenvalue weighted by molar-refractivity contribution is -0.0296. The minimum absolute atomic E-state index is 0.00845. The van der Waals surface area contributed by atoms with E-state index in [0.29, 0.717) is 0 Å². The van der Waals surface area contributed by atoms with Gasteiger partial charge in [0.05, 0.1) is 6.61 Å². The molecule has 0 aromatic heterocycles. The Kier molecular flexibility index (Phi) is 4.26. The molecule has 2 nitrogen and oxygen atoms in total. The molecule has 1 rings (SSSR count). The van der Waals surface area contributed by atoms with Gasteiger partial charge in [0, 0.05) is 0 Å². The van der Waals surface area contributed by atoms with Crippen LogP contribution in [0.3, 0.4) is 0 Å². The van der Waals surface area contributed by atoms with Gasteiger partial charge in [-0.15, -0.1) is 11.8 Å². The van der Waals surface area contributed by atoms with Gasteiger partial charge < -0.3 is 9.47 Å². The molecule has 0 bridgehead atoms. The highest BCUT2D eigenvalue weighted by molar-refractivity contribution is 7.99. The highest BCUT2D eigenvalue weighted by Gasteiger charge is 2.21. The second kappa shape index (κ2) is 5.01. The first-order valence-corrected chi connectivity index (χ1v) is 5.26. The van der Waals surface area contributed by atoms with Gasteiger partial charge in [-0.3, -0.25) is 0 Å². The Bertz CT molecular complexity index is 108. The molecule has 2 unspecified atom stereocenters. The number of unbranched alkanes of at least 4 members (excludes halogenated alkanes) is 1. The minimum atomic E-state index is 0.00845. The van der Waals surface area contributed by atoms with E-state index in [9.17, 15) is 0 Å². The summed E-state index contributed by atoms with van der Waals surface area (Å²) < 4.78 is 10.7. The number of ether oxygens (including phenoxy) is 2. The summed E-state index contributed by atoms with van der Waals surface area (Å²) in [6.07, 6.45) is 2.55. The topological polar surface area (TPSA) is 18.5 Å². The van der Waals surface area contributed by atoms with E-state index in [1.54, 1.807) is 0 Å². The molecule has 11 heavy (non-hydrogen) atoms. The van der Waals surface area contributed by atoms with Gasteiger partial charge >= 0.3 is 0 Å². The van der Waals surface area contributed by atoms with Crippen molar-refractivity contribution in [3.63, 3.8) is 0 Å². The van der Waals surface area contributed by atoms with E-state index in [0.717, 1.165) is 6.61 Å². The van der Waals surface area contributed by atoms with Gasteiger partial charge in [0.25, 0.3) is 0 Å². The fraction of sp³-hybridized carbons (Fsp3) is 1.00. The van der Waals surface area contributed by atoms with Crippen LogP contribution in [0.5, 0.6) is 0 Å². The lowest BCUT2D eigenvalue weighted by Crippen LogP contribution is -2.06. The van der Waals surface area contributed by atoms with Gasteiger partial charge in [-0.2, -0.15) is 0 Å². The van der Waals surface area contributed by atoms with Gasteiger partial charge in [-0.25, -0.2) is 0 Å². The molecule has 0 saturated carbocycles. The fourth-order valence-electron chi connectivity index (χ4n) is 0.953. The zero-order chi connectivity index (χ0) is 8.10. The molecule has 2 atom stereocenters. The summed E-state index contributed by atoms with van der Waals surface area (Å²) in [5, 5.41) is 0. The standard InChI is InChI=1S/C8H16O2S/c1-3-4-5-11-8-6-9-7(2)10-8/h7-8H,3-6H2,1-2H3. The summed E-state index contributed by atoms with van der Waals surface area (Å²) in [5.74, 6) is 1.19. The van der Waals surface area contributed by atoms with Crippen molar-refractivity contribution in [1.82, 2.24) is 0 Å². The summed E-state index contributed by atoms with van der Waals surface area (Å²) in [5.41, 5.74) is 0.288. The summed E-state index contributed by atoms with van der Waals surface area (Å²) in [4.78, 5) is 0. The van der Waals surface area contributed by atoms with Gasteiger partial charge in [-0.05, 0) is 19.1 Å². The summed E-state index contributed by atoms with van der Waals surface area (Å²) >= 11 is 1.87. The van der Waals surface area contributed by atoms with Crippen molar-refractivity contribution in [3.8, 4) is 0 Å². The number of rotatable bonds is 4. The van der Waals surface area contributed by atoms with Gasteiger partial charge in [0.1, 0.15) is 5.44 Å². The smallest absolute Gasteiger partial charge is 0.156 e. The van der Waals surface area contributed by atoms with E-state index in [1.165, 1.54) is 18.6 Å². The van der Waals surface area contributed by atoms with Crippen LogP contribution in [-0.2, 0) is 9.47 Å². The number of thioether (sulfide) groups is 1. The Morgan fingerprint density at radius 1 is 1.55 bits per heavy atom. The number of hydrogen-bond donors (Lipinski definition) is 0. The van der Waals surface area contributed by atoms with Gasteiger partial charge in [0.2, 0.25) is 0 Å². The minimum Gasteiger partial charge on any atom is -0.349 e. The van der Waals surface area contributed by atoms with E-state index in [4.69, 9.17) is 9.47 Å². The monoisotopic (exact) mass is 176 g/mol. The van der Waals surface area contributed by atoms with Crippen LogP contribution in [0.25, 0.3) is 0 Å². The molecule has 1 aliphatic heterocycles. The molecular weight excluding hydrogens is 160 g/mol.